The number of hydrogen-bond acceptors (Lipinski definition) is 2. The first-order valence-electron chi connectivity index (χ1n) is 9.78. The molecule has 1 aliphatic heterocycles. The lowest BCUT2D eigenvalue weighted by Gasteiger charge is -2.35. The van der Waals surface area contributed by atoms with Gasteiger partial charge in [0.1, 0.15) is 5.56 Å². The Morgan fingerprint density at radius 2 is 1.89 bits per heavy atom. The molecule has 2 aromatic heterocycles. The van der Waals surface area contributed by atoms with E-state index >= 15 is 0 Å². The quantitative estimate of drug-likeness (QED) is 0.691. The van der Waals surface area contributed by atoms with Crippen LogP contribution in [0.2, 0.25) is 0 Å². The van der Waals surface area contributed by atoms with Crippen molar-refractivity contribution in [3.63, 3.8) is 0 Å². The number of piperidine rings is 1. The van der Waals surface area contributed by atoms with Crippen LogP contribution in [0.5, 0.6) is 0 Å². The summed E-state index contributed by atoms with van der Waals surface area (Å²) in [6, 6.07) is 12.5. The Labute approximate surface area is 160 Å². The largest absolute Gasteiger partial charge is 0.336 e. The average Bonchev–Trinajstić information content (AvgIpc) is 3.37. The summed E-state index contributed by atoms with van der Waals surface area (Å²) >= 11 is 0. The minimum atomic E-state index is 0.0867. The van der Waals surface area contributed by atoms with Crippen molar-refractivity contribution in [2.45, 2.75) is 45.6 Å². The maximum atomic E-state index is 13.4. The molecule has 5 heteroatoms. The Morgan fingerprint density at radius 1 is 1.15 bits per heavy atom. The summed E-state index contributed by atoms with van der Waals surface area (Å²) in [6.45, 7) is 5.06. The van der Waals surface area contributed by atoms with E-state index in [2.05, 4.69) is 31.1 Å². The van der Waals surface area contributed by atoms with Gasteiger partial charge in [-0.1, -0.05) is 24.6 Å². The molecule has 1 aliphatic rings. The molecule has 0 radical (unpaired) electrons. The van der Waals surface area contributed by atoms with Gasteiger partial charge in [-0.25, -0.2) is 4.68 Å². The second kappa shape index (κ2) is 7.43. The van der Waals surface area contributed by atoms with Crippen LogP contribution in [0.3, 0.4) is 0 Å². The zero-order valence-corrected chi connectivity index (χ0v) is 16.0. The van der Waals surface area contributed by atoms with Crippen LogP contribution in [0, 0.1) is 6.92 Å². The van der Waals surface area contributed by atoms with E-state index < -0.39 is 0 Å². The normalized spacial score (nSPS) is 17.3. The summed E-state index contributed by atoms with van der Waals surface area (Å²) in [6.07, 6.45) is 10.0. The van der Waals surface area contributed by atoms with Crippen molar-refractivity contribution in [2.75, 3.05) is 6.54 Å². The molecule has 3 heterocycles. The molecule has 27 heavy (non-hydrogen) atoms. The highest BCUT2D eigenvalue weighted by Crippen LogP contribution is 2.26. The molecule has 0 saturated carbocycles. The molecule has 0 unspecified atom stereocenters. The summed E-state index contributed by atoms with van der Waals surface area (Å²) in [4.78, 5) is 15.5. The van der Waals surface area contributed by atoms with Gasteiger partial charge in [0, 0.05) is 25.0 Å². The van der Waals surface area contributed by atoms with Gasteiger partial charge < -0.3 is 9.47 Å². The van der Waals surface area contributed by atoms with Crippen molar-refractivity contribution >= 4 is 5.91 Å². The summed E-state index contributed by atoms with van der Waals surface area (Å²) in [5, 5.41) is 4.59. The minimum absolute atomic E-state index is 0.0867. The molecule has 0 bridgehead atoms. The molecule has 1 fully saturated rings. The molecule has 140 valence electrons. The fraction of sp³-hybridized carbons (Fsp3) is 0.364. The molecule has 0 spiro atoms. The van der Waals surface area contributed by atoms with Crippen LogP contribution in [0.4, 0.5) is 0 Å². The molecule has 4 rings (SSSR count). The molecule has 0 aliphatic carbocycles. The zero-order valence-electron chi connectivity index (χ0n) is 16.0. The van der Waals surface area contributed by atoms with E-state index in [-0.39, 0.29) is 5.91 Å². The second-order valence-corrected chi connectivity index (χ2v) is 7.28. The van der Waals surface area contributed by atoms with Crippen LogP contribution in [-0.2, 0) is 0 Å². The summed E-state index contributed by atoms with van der Waals surface area (Å²) in [5.41, 5.74) is 2.81. The predicted molar refractivity (Wildman–Crippen MR) is 107 cm³/mol. The molecule has 1 amide bonds. The lowest BCUT2D eigenvalue weighted by atomic mass is 9.99. The SMILES string of the molecule is CC[C@H]1CCCCN1C(=O)c1cnn(-c2ccc(C)cc2)c1-n1cccc1. The maximum Gasteiger partial charge on any atom is 0.259 e. The van der Waals surface area contributed by atoms with Gasteiger partial charge in [-0.05, 0) is 56.9 Å². The average molecular weight is 362 g/mol. The van der Waals surface area contributed by atoms with Crippen molar-refractivity contribution in [1.29, 1.82) is 0 Å². The van der Waals surface area contributed by atoms with Crippen molar-refractivity contribution < 1.29 is 4.79 Å². The van der Waals surface area contributed by atoms with Crippen molar-refractivity contribution in [3.8, 4) is 11.5 Å². The van der Waals surface area contributed by atoms with Gasteiger partial charge in [0.05, 0.1) is 11.9 Å². The molecule has 3 aromatic rings. The Kier molecular flexibility index (Phi) is 4.84. The fourth-order valence-corrected chi connectivity index (χ4v) is 3.94. The van der Waals surface area contributed by atoms with Gasteiger partial charge in [0.15, 0.2) is 5.82 Å². The monoisotopic (exact) mass is 362 g/mol. The molecule has 0 N–H and O–H groups in total. The smallest absolute Gasteiger partial charge is 0.259 e. The van der Waals surface area contributed by atoms with Crippen molar-refractivity contribution in [1.82, 2.24) is 19.2 Å². The van der Waals surface area contributed by atoms with E-state index in [4.69, 9.17) is 0 Å². The third-order valence-electron chi connectivity index (χ3n) is 5.46. The van der Waals surface area contributed by atoms with E-state index in [0.29, 0.717) is 11.6 Å². The predicted octanol–water partition coefficient (Wildman–Crippen LogP) is 4.38. The molecule has 1 aromatic carbocycles. The Morgan fingerprint density at radius 3 is 2.59 bits per heavy atom. The van der Waals surface area contributed by atoms with Crippen LogP contribution >= 0.6 is 0 Å². The first kappa shape index (κ1) is 17.6. The Bertz CT molecular complexity index is 908. The number of aromatic nitrogens is 3. The Hall–Kier alpha value is -2.82. The molecule has 5 nitrogen and oxygen atoms in total. The maximum absolute atomic E-state index is 13.4. The van der Waals surface area contributed by atoms with E-state index in [9.17, 15) is 4.79 Å². The summed E-state index contributed by atoms with van der Waals surface area (Å²) in [5.74, 6) is 0.887. The third-order valence-corrected chi connectivity index (χ3v) is 5.46. The van der Waals surface area contributed by atoms with Crippen LogP contribution in [0.15, 0.2) is 55.0 Å². The van der Waals surface area contributed by atoms with E-state index in [1.54, 1.807) is 6.20 Å². The van der Waals surface area contributed by atoms with E-state index in [1.165, 1.54) is 12.0 Å². The van der Waals surface area contributed by atoms with Crippen molar-refractivity contribution in [2.24, 2.45) is 0 Å². The van der Waals surface area contributed by atoms with Crippen LogP contribution in [-0.4, -0.2) is 37.7 Å². The van der Waals surface area contributed by atoms with Gasteiger partial charge >= 0.3 is 0 Å². The highest BCUT2D eigenvalue weighted by molar-refractivity contribution is 5.97. The second-order valence-electron chi connectivity index (χ2n) is 7.28. The van der Waals surface area contributed by atoms with Crippen molar-refractivity contribution in [3.05, 3.63) is 66.1 Å². The van der Waals surface area contributed by atoms with Gasteiger partial charge in [0.25, 0.3) is 5.91 Å². The van der Waals surface area contributed by atoms with Crippen LogP contribution in [0.25, 0.3) is 11.5 Å². The Balaban J connectivity index is 1.79. The van der Waals surface area contributed by atoms with Gasteiger partial charge in [-0.15, -0.1) is 0 Å². The number of amides is 1. The number of benzene rings is 1. The first-order chi connectivity index (χ1) is 13.2. The summed E-state index contributed by atoms with van der Waals surface area (Å²) in [7, 11) is 0. The van der Waals surface area contributed by atoms with E-state index in [1.807, 2.05) is 50.8 Å². The minimum Gasteiger partial charge on any atom is -0.336 e. The number of carbonyl (C=O) groups excluding carboxylic acids is 1. The number of carbonyl (C=O) groups is 1. The topological polar surface area (TPSA) is 43.1 Å². The number of rotatable bonds is 4. The first-order valence-corrected chi connectivity index (χ1v) is 9.78. The summed E-state index contributed by atoms with van der Waals surface area (Å²) < 4.78 is 3.84. The van der Waals surface area contributed by atoms with Gasteiger partial charge in [-0.3, -0.25) is 4.79 Å². The van der Waals surface area contributed by atoms with Crippen LogP contribution in [0.1, 0.15) is 48.5 Å². The highest BCUT2D eigenvalue weighted by Gasteiger charge is 2.30. The standard InChI is InChI=1S/C22H26N4O/c1-3-18-8-4-5-15-25(18)22(27)20-16-23-26(19-11-9-17(2)10-12-19)21(20)24-13-6-7-14-24/h6-7,9-14,16,18H,3-5,8,15H2,1-2H3/t18-/m0/s1. The van der Waals surface area contributed by atoms with Gasteiger partial charge in [-0.2, -0.15) is 5.10 Å². The molecule has 1 atom stereocenters. The molecular weight excluding hydrogens is 336 g/mol. The molecular formula is C22H26N4O. The molecule has 1 saturated heterocycles. The highest BCUT2D eigenvalue weighted by atomic mass is 16.2. The number of nitrogens with zero attached hydrogens (tertiary/aromatic N) is 4. The lowest BCUT2D eigenvalue weighted by molar-refractivity contribution is 0.0608. The fourth-order valence-electron chi connectivity index (χ4n) is 3.94. The zero-order chi connectivity index (χ0) is 18.8. The number of aryl methyl sites for hydroxylation is 1. The van der Waals surface area contributed by atoms with Gasteiger partial charge in [0.2, 0.25) is 0 Å². The number of hydrogen-bond donors (Lipinski definition) is 0. The third kappa shape index (κ3) is 3.29. The van der Waals surface area contributed by atoms with Crippen LogP contribution < -0.4 is 0 Å². The van der Waals surface area contributed by atoms with E-state index in [0.717, 1.165) is 37.3 Å². The lowest BCUT2D eigenvalue weighted by Crippen LogP contribution is -2.43. The number of likely N-dealkylation sites (tertiary alicyclic amines) is 1.